The van der Waals surface area contributed by atoms with Gasteiger partial charge in [0.25, 0.3) is 11.3 Å². The quantitative estimate of drug-likeness (QED) is 0.521. The summed E-state index contributed by atoms with van der Waals surface area (Å²) in [4.78, 5) is 34.7. The lowest BCUT2D eigenvalue weighted by Crippen LogP contribution is -2.67. The van der Waals surface area contributed by atoms with Gasteiger partial charge >= 0.3 is 18.2 Å². The highest BCUT2D eigenvalue weighted by Gasteiger charge is 2.71. The SMILES string of the molecule is O=C1N(Cc2ccccc2)CC(C(=O)O)(C(F)(F)F)C(=O)N1F. The summed E-state index contributed by atoms with van der Waals surface area (Å²) in [5, 5.41) is 7.61. The van der Waals surface area contributed by atoms with E-state index in [9.17, 15) is 32.0 Å². The van der Waals surface area contributed by atoms with E-state index in [1.807, 2.05) is 0 Å². The Morgan fingerprint density at radius 1 is 1.22 bits per heavy atom. The van der Waals surface area contributed by atoms with Crippen LogP contribution in [-0.2, 0) is 16.1 Å². The molecule has 1 aromatic rings. The van der Waals surface area contributed by atoms with Crippen molar-refractivity contribution in [3.8, 4) is 0 Å². The van der Waals surface area contributed by atoms with Crippen LogP contribution in [0.5, 0.6) is 0 Å². The third-order valence-electron chi connectivity index (χ3n) is 3.48. The van der Waals surface area contributed by atoms with E-state index in [0.717, 1.165) is 0 Å². The molecule has 6 nitrogen and oxygen atoms in total. The lowest BCUT2D eigenvalue weighted by molar-refractivity contribution is -0.243. The number of imide groups is 1. The monoisotopic (exact) mass is 334 g/mol. The summed E-state index contributed by atoms with van der Waals surface area (Å²) in [6, 6.07) is 5.97. The second-order valence-corrected chi connectivity index (χ2v) is 4.92. The van der Waals surface area contributed by atoms with Gasteiger partial charge in [-0.05, 0) is 5.56 Å². The molecule has 23 heavy (non-hydrogen) atoms. The van der Waals surface area contributed by atoms with E-state index in [0.29, 0.717) is 10.5 Å². The molecule has 1 saturated heterocycles. The van der Waals surface area contributed by atoms with Gasteiger partial charge in [-0.2, -0.15) is 13.2 Å². The first-order valence-electron chi connectivity index (χ1n) is 6.24. The zero-order chi connectivity index (χ0) is 17.4. The van der Waals surface area contributed by atoms with Crippen molar-refractivity contribution in [1.82, 2.24) is 10.0 Å². The van der Waals surface area contributed by atoms with Gasteiger partial charge < -0.3 is 10.0 Å². The predicted octanol–water partition coefficient (Wildman–Crippen LogP) is 1.97. The fraction of sp³-hybridized carbons (Fsp3) is 0.308. The largest absolute Gasteiger partial charge is 0.480 e. The van der Waals surface area contributed by atoms with Gasteiger partial charge in [-0.25, -0.2) is 4.79 Å². The number of alkyl halides is 3. The van der Waals surface area contributed by atoms with Crippen LogP contribution in [-0.4, -0.2) is 45.8 Å². The van der Waals surface area contributed by atoms with Crippen LogP contribution in [0.4, 0.5) is 22.4 Å². The van der Waals surface area contributed by atoms with E-state index in [-0.39, 0.29) is 0 Å². The lowest BCUT2D eigenvalue weighted by atomic mass is 9.83. The molecule has 1 heterocycles. The van der Waals surface area contributed by atoms with Gasteiger partial charge in [0.1, 0.15) is 0 Å². The maximum Gasteiger partial charge on any atom is 0.415 e. The molecule has 1 unspecified atom stereocenters. The van der Waals surface area contributed by atoms with Crippen LogP contribution in [0.2, 0.25) is 0 Å². The van der Waals surface area contributed by atoms with Crippen molar-refractivity contribution in [1.29, 1.82) is 0 Å². The van der Waals surface area contributed by atoms with Crippen molar-refractivity contribution < 1.29 is 37.1 Å². The predicted molar refractivity (Wildman–Crippen MR) is 66.3 cm³/mol. The fourth-order valence-corrected chi connectivity index (χ4v) is 2.22. The first-order valence-corrected chi connectivity index (χ1v) is 6.24. The molecule has 2 rings (SSSR count). The van der Waals surface area contributed by atoms with E-state index in [2.05, 4.69) is 0 Å². The van der Waals surface area contributed by atoms with Gasteiger partial charge in [-0.15, -0.1) is 0 Å². The van der Waals surface area contributed by atoms with Crippen molar-refractivity contribution in [2.45, 2.75) is 12.7 Å². The van der Waals surface area contributed by atoms with Crippen LogP contribution in [0.3, 0.4) is 0 Å². The van der Waals surface area contributed by atoms with Crippen LogP contribution in [0.25, 0.3) is 0 Å². The number of aliphatic carboxylic acids is 1. The van der Waals surface area contributed by atoms with Gasteiger partial charge in [0.15, 0.2) is 0 Å². The Hall–Kier alpha value is -2.65. The van der Waals surface area contributed by atoms with Crippen molar-refractivity contribution in [3.05, 3.63) is 35.9 Å². The summed E-state index contributed by atoms with van der Waals surface area (Å²) in [7, 11) is 0. The van der Waals surface area contributed by atoms with Crippen LogP contribution >= 0.6 is 0 Å². The third-order valence-corrected chi connectivity index (χ3v) is 3.48. The Labute approximate surface area is 126 Å². The van der Waals surface area contributed by atoms with E-state index in [1.165, 1.54) is 24.3 Å². The molecule has 124 valence electrons. The third kappa shape index (κ3) is 2.60. The zero-order valence-corrected chi connectivity index (χ0v) is 11.4. The highest BCUT2D eigenvalue weighted by molar-refractivity contribution is 6.10. The van der Waals surface area contributed by atoms with Gasteiger partial charge in [-0.3, -0.25) is 9.59 Å². The van der Waals surface area contributed by atoms with E-state index >= 15 is 0 Å². The molecule has 0 radical (unpaired) electrons. The Morgan fingerprint density at radius 3 is 2.26 bits per heavy atom. The maximum atomic E-state index is 13.6. The number of nitrogens with zero attached hydrogens (tertiary/aromatic N) is 2. The molecule has 1 aliphatic rings. The summed E-state index contributed by atoms with van der Waals surface area (Å²) in [6.07, 6.45) is -5.57. The van der Waals surface area contributed by atoms with Crippen molar-refractivity contribution in [3.63, 3.8) is 0 Å². The number of carbonyl (C=O) groups is 3. The van der Waals surface area contributed by atoms with Crippen LogP contribution in [0.15, 0.2) is 30.3 Å². The van der Waals surface area contributed by atoms with Crippen molar-refractivity contribution in [2.75, 3.05) is 6.54 Å². The average Bonchev–Trinajstić information content (AvgIpc) is 2.47. The van der Waals surface area contributed by atoms with Crippen LogP contribution < -0.4 is 0 Å². The number of hydrogen-bond donors (Lipinski definition) is 1. The number of carboxylic acids is 1. The smallest absolute Gasteiger partial charge is 0.415 e. The number of benzene rings is 1. The molecule has 1 N–H and O–H groups in total. The molecule has 0 aliphatic carbocycles. The zero-order valence-electron chi connectivity index (χ0n) is 11.4. The van der Waals surface area contributed by atoms with Gasteiger partial charge in [0, 0.05) is 6.54 Å². The minimum Gasteiger partial charge on any atom is -0.480 e. The van der Waals surface area contributed by atoms with Gasteiger partial charge in [0.2, 0.25) is 0 Å². The van der Waals surface area contributed by atoms with Crippen LogP contribution in [0.1, 0.15) is 5.56 Å². The molecular formula is C13H10F4N2O4. The fourth-order valence-electron chi connectivity index (χ4n) is 2.22. The molecule has 1 aliphatic heterocycles. The number of halogens is 4. The number of carboxylic acid groups (broad SMARTS) is 1. The summed E-state index contributed by atoms with van der Waals surface area (Å²) in [6.45, 7) is -1.97. The molecule has 0 aromatic heterocycles. The molecule has 1 atom stereocenters. The van der Waals surface area contributed by atoms with Crippen LogP contribution in [0, 0.1) is 5.41 Å². The first kappa shape index (κ1) is 16.7. The number of rotatable bonds is 3. The van der Waals surface area contributed by atoms with E-state index in [4.69, 9.17) is 5.11 Å². The molecule has 0 spiro atoms. The van der Waals surface area contributed by atoms with Gasteiger partial charge in [0.05, 0.1) is 6.54 Å². The van der Waals surface area contributed by atoms with E-state index in [1.54, 1.807) is 6.07 Å². The Kier molecular flexibility index (Phi) is 4.01. The van der Waals surface area contributed by atoms with Crippen molar-refractivity contribution >= 4 is 17.9 Å². The highest BCUT2D eigenvalue weighted by Crippen LogP contribution is 2.44. The number of urea groups is 1. The second kappa shape index (κ2) is 5.52. The minimum absolute atomic E-state index is 0.332. The minimum atomic E-state index is -5.57. The number of carbonyl (C=O) groups excluding carboxylic acids is 2. The Morgan fingerprint density at radius 2 is 1.78 bits per heavy atom. The standard InChI is InChI=1S/C13H10F4N2O4/c14-13(15,16)12(10(21)22)7-18(11(23)19(17)9(12)20)6-8-4-2-1-3-5-8/h1-5H,6-7H2,(H,21,22). The summed E-state index contributed by atoms with van der Waals surface area (Å²) in [5.74, 6) is -5.02. The summed E-state index contributed by atoms with van der Waals surface area (Å²) in [5.41, 5.74) is -3.69. The van der Waals surface area contributed by atoms with E-state index < -0.39 is 47.7 Å². The van der Waals surface area contributed by atoms with Crippen molar-refractivity contribution in [2.24, 2.45) is 5.41 Å². The molecule has 1 aromatic carbocycles. The Balaban J connectivity index is 2.44. The second-order valence-electron chi connectivity index (χ2n) is 4.92. The lowest BCUT2D eigenvalue weighted by Gasteiger charge is -2.40. The normalized spacial score (nSPS) is 22.4. The highest BCUT2D eigenvalue weighted by atomic mass is 19.4. The molecule has 0 saturated carbocycles. The molecule has 1 fully saturated rings. The maximum absolute atomic E-state index is 13.6. The van der Waals surface area contributed by atoms with Gasteiger partial charge in [-0.1, -0.05) is 39.9 Å². The summed E-state index contributed by atoms with van der Waals surface area (Å²) >= 11 is 0. The summed E-state index contributed by atoms with van der Waals surface area (Å²) < 4.78 is 53.2. The molecular weight excluding hydrogens is 324 g/mol. The Bertz CT molecular complexity index is 649. The molecule has 10 heteroatoms. The number of hydrogen-bond acceptors (Lipinski definition) is 3. The topological polar surface area (TPSA) is 77.9 Å². The molecule has 3 amide bonds. The number of amides is 3. The molecule has 0 bridgehead atoms. The first-order chi connectivity index (χ1) is 10.6. The average molecular weight is 334 g/mol.